The smallest absolute Gasteiger partial charge is 0.258 e. The first-order valence-electron chi connectivity index (χ1n) is 13.6. The van der Waals surface area contributed by atoms with Crippen molar-refractivity contribution >= 4 is 61.5 Å². The summed E-state index contributed by atoms with van der Waals surface area (Å²) in [4.78, 5) is 11.4. The summed E-state index contributed by atoms with van der Waals surface area (Å²) in [5, 5.41) is 19.8. The van der Waals surface area contributed by atoms with Gasteiger partial charge in [0.25, 0.3) is 5.69 Å². The van der Waals surface area contributed by atoms with E-state index in [-0.39, 0.29) is 21.4 Å². The van der Waals surface area contributed by atoms with Gasteiger partial charge < -0.3 is 0 Å². The Morgan fingerprint density at radius 1 is 0.615 bits per heavy atom. The molecule has 0 unspecified atom stereocenters. The number of non-ortho nitro benzene ring substituents is 1. The Hall–Kier alpha value is -2.76. The largest absolute Gasteiger partial charge is 0.270 e. The van der Waals surface area contributed by atoms with E-state index in [2.05, 4.69) is 84.0 Å². The van der Waals surface area contributed by atoms with Crippen LogP contribution in [0, 0.1) is 10.1 Å². The lowest BCUT2D eigenvalue weighted by Gasteiger charge is -2.26. The van der Waals surface area contributed by atoms with Gasteiger partial charge in [0.15, 0.2) is 0 Å². The van der Waals surface area contributed by atoms with Crippen LogP contribution in [0.1, 0.15) is 74.9 Å². The summed E-state index contributed by atoms with van der Waals surface area (Å²) < 4.78 is 0. The molecular weight excluding hydrogens is 519 g/mol. The highest BCUT2D eigenvalue weighted by Crippen LogP contribution is 2.44. The van der Waals surface area contributed by atoms with Crippen LogP contribution in [0.3, 0.4) is 0 Å². The first kappa shape index (κ1) is 26.5. The Kier molecular flexibility index (Phi) is 6.39. The molecule has 200 valence electrons. The highest BCUT2D eigenvalue weighted by atomic mass is 32.2. The maximum atomic E-state index is 11.7. The maximum Gasteiger partial charge on any atom is 0.270 e. The normalized spacial score (nSPS) is 15.0. The predicted octanol–water partition coefficient (Wildman–Crippen LogP) is 10.3. The molecule has 8 rings (SSSR count). The molecule has 3 aliphatic heterocycles. The Labute approximate surface area is 239 Å². The number of thioether (sulfide) groups is 2. The molecule has 0 saturated carbocycles. The summed E-state index contributed by atoms with van der Waals surface area (Å²) >= 11 is 3.69. The molecule has 3 heterocycles. The molecule has 0 aromatic heterocycles. The van der Waals surface area contributed by atoms with Crippen LogP contribution in [0.25, 0.3) is 32.3 Å². The molecule has 0 fully saturated rings. The average Bonchev–Trinajstić information content (AvgIpc) is 2.86. The molecule has 3 nitrogen and oxygen atoms in total. The van der Waals surface area contributed by atoms with E-state index < -0.39 is 0 Å². The number of hydrogen-bond donors (Lipinski definition) is 0. The summed E-state index contributed by atoms with van der Waals surface area (Å²) in [7, 11) is 0. The van der Waals surface area contributed by atoms with Crippen molar-refractivity contribution in [2.75, 3.05) is 0 Å². The van der Waals surface area contributed by atoms with Gasteiger partial charge in [-0.3, -0.25) is 10.1 Å². The fourth-order valence-electron chi connectivity index (χ4n) is 5.83. The van der Waals surface area contributed by atoms with Crippen molar-refractivity contribution in [2.45, 2.75) is 75.4 Å². The van der Waals surface area contributed by atoms with E-state index in [9.17, 15) is 10.1 Å². The number of hydrogen-bond acceptors (Lipinski definition) is 4. The zero-order valence-corrected chi connectivity index (χ0v) is 25.2. The molecule has 5 heteroatoms. The second-order valence-corrected chi connectivity index (χ2v) is 15.0. The van der Waals surface area contributed by atoms with E-state index in [1.807, 2.05) is 23.5 Å². The van der Waals surface area contributed by atoms with E-state index >= 15 is 0 Å². The minimum absolute atomic E-state index is 0.0458. The highest BCUT2D eigenvalue weighted by molar-refractivity contribution is 7.98. The zero-order valence-electron chi connectivity index (χ0n) is 23.6. The van der Waals surface area contributed by atoms with Crippen LogP contribution in [0.15, 0.2) is 54.6 Å². The molecule has 0 aliphatic carbocycles. The van der Waals surface area contributed by atoms with Gasteiger partial charge in [0.05, 0.1) is 4.92 Å². The molecule has 10 bridgehead atoms. The van der Waals surface area contributed by atoms with Crippen LogP contribution in [0.4, 0.5) is 5.69 Å². The first-order chi connectivity index (χ1) is 18.4. The molecule has 39 heavy (non-hydrogen) atoms. The summed E-state index contributed by atoms with van der Waals surface area (Å²) in [6.07, 6.45) is 0. The Morgan fingerprint density at radius 3 is 1.44 bits per heavy atom. The van der Waals surface area contributed by atoms with Gasteiger partial charge in [-0.2, -0.15) is 23.5 Å². The molecule has 5 aromatic carbocycles. The molecule has 0 spiro atoms. The van der Waals surface area contributed by atoms with Crippen molar-refractivity contribution < 1.29 is 4.92 Å². The van der Waals surface area contributed by atoms with Gasteiger partial charge in [0.1, 0.15) is 0 Å². The maximum absolute atomic E-state index is 11.7. The van der Waals surface area contributed by atoms with Crippen molar-refractivity contribution in [1.82, 2.24) is 0 Å². The average molecular weight is 554 g/mol. The summed E-state index contributed by atoms with van der Waals surface area (Å²) in [6, 6.07) is 20.2. The minimum atomic E-state index is -0.257. The number of nitrogens with zero attached hydrogens (tertiary/aromatic N) is 1. The lowest BCUT2D eigenvalue weighted by atomic mass is 9.79. The van der Waals surface area contributed by atoms with Crippen LogP contribution in [0.5, 0.6) is 0 Å². The standard InChI is InChI=1S/C34H35NO2S2/c1-33(2,3)26-12-22-10-25-19-39-17-21-7-20(8-28(9-21)35(36)37)16-38-18-24-11-23-13-27(34(4,5)6)15-30(25)32(23)31(22)29(24)14-26/h7-15H,16-19H2,1-6H3. The van der Waals surface area contributed by atoms with Gasteiger partial charge in [-0.25, -0.2) is 0 Å². The second kappa shape index (κ2) is 9.42. The van der Waals surface area contributed by atoms with Crippen molar-refractivity contribution in [3.8, 4) is 0 Å². The fourth-order valence-corrected chi connectivity index (χ4v) is 7.76. The molecule has 0 atom stereocenters. The first-order valence-corrected chi connectivity index (χ1v) is 15.9. The number of nitro benzene ring substituents is 1. The lowest BCUT2D eigenvalue weighted by Crippen LogP contribution is -2.12. The van der Waals surface area contributed by atoms with Gasteiger partial charge in [-0.15, -0.1) is 0 Å². The molecule has 0 N–H and O–H groups in total. The van der Waals surface area contributed by atoms with Crippen molar-refractivity contribution in [3.05, 3.63) is 98.1 Å². The van der Waals surface area contributed by atoms with Gasteiger partial charge in [0.2, 0.25) is 0 Å². The number of nitro groups is 1. The van der Waals surface area contributed by atoms with Gasteiger partial charge in [-0.05, 0) is 88.7 Å². The lowest BCUT2D eigenvalue weighted by molar-refractivity contribution is -0.385. The molecule has 3 aliphatic rings. The van der Waals surface area contributed by atoms with E-state index in [0.29, 0.717) is 0 Å². The summed E-state index contributed by atoms with van der Waals surface area (Å²) in [5.74, 6) is 3.22. The monoisotopic (exact) mass is 553 g/mol. The molecule has 0 radical (unpaired) electrons. The third-order valence-corrected chi connectivity index (χ3v) is 10.1. The van der Waals surface area contributed by atoms with E-state index in [1.54, 1.807) is 12.1 Å². The quantitative estimate of drug-likeness (QED) is 0.118. The molecular formula is C34H35NO2S2. The van der Waals surface area contributed by atoms with Gasteiger partial charge >= 0.3 is 0 Å². The van der Waals surface area contributed by atoms with Crippen LogP contribution < -0.4 is 0 Å². The number of rotatable bonds is 1. The predicted molar refractivity (Wildman–Crippen MR) is 171 cm³/mol. The van der Waals surface area contributed by atoms with E-state index in [1.165, 1.54) is 54.6 Å². The summed E-state index contributed by atoms with van der Waals surface area (Å²) in [5.41, 5.74) is 7.76. The van der Waals surface area contributed by atoms with Gasteiger partial charge in [-0.1, -0.05) is 71.9 Å². The SMILES string of the molecule is CC(C)(C)c1cc2cc3c4cc(C(C)(C)C)cc5cc(c(c1)c2c54)CSCc1cc(cc([N+](=O)[O-])c1)CSC3. The molecule has 0 amide bonds. The topological polar surface area (TPSA) is 43.1 Å². The van der Waals surface area contributed by atoms with E-state index in [4.69, 9.17) is 0 Å². The highest BCUT2D eigenvalue weighted by Gasteiger charge is 2.23. The Bertz CT molecular complexity index is 1640. The second-order valence-electron chi connectivity index (χ2n) is 13.1. The van der Waals surface area contributed by atoms with Crippen molar-refractivity contribution in [1.29, 1.82) is 0 Å². The number of benzene rings is 5. The van der Waals surface area contributed by atoms with Crippen LogP contribution in [-0.2, 0) is 33.8 Å². The minimum Gasteiger partial charge on any atom is -0.258 e. The van der Waals surface area contributed by atoms with Crippen molar-refractivity contribution in [2.24, 2.45) is 0 Å². The third-order valence-electron chi connectivity index (χ3n) is 7.97. The fraction of sp³-hybridized carbons (Fsp3) is 0.353. The van der Waals surface area contributed by atoms with E-state index in [0.717, 1.165) is 34.1 Å². The summed E-state index contributed by atoms with van der Waals surface area (Å²) in [6.45, 7) is 13.8. The van der Waals surface area contributed by atoms with Crippen LogP contribution in [0.2, 0.25) is 0 Å². The van der Waals surface area contributed by atoms with Crippen molar-refractivity contribution in [3.63, 3.8) is 0 Å². The Balaban J connectivity index is 1.66. The third kappa shape index (κ3) is 4.89. The zero-order chi connectivity index (χ0) is 27.7. The molecule has 0 saturated heterocycles. The van der Waals surface area contributed by atoms with Gasteiger partial charge in [0, 0.05) is 35.1 Å². The van der Waals surface area contributed by atoms with Crippen LogP contribution >= 0.6 is 23.5 Å². The Morgan fingerprint density at radius 2 is 1.05 bits per heavy atom. The van der Waals surface area contributed by atoms with Crippen LogP contribution in [-0.4, -0.2) is 4.92 Å². The molecule has 5 aromatic rings.